The third kappa shape index (κ3) is 9.42. The first-order valence-electron chi connectivity index (χ1n) is 14.4. The number of nitrogens with zero attached hydrogens (tertiary/aromatic N) is 3. The van der Waals surface area contributed by atoms with Crippen LogP contribution < -0.4 is 26.6 Å². The molecule has 0 fully saturated rings. The van der Waals surface area contributed by atoms with E-state index in [9.17, 15) is 24.0 Å². The number of benzene rings is 1. The summed E-state index contributed by atoms with van der Waals surface area (Å²) in [6.45, 7) is 4.06. The molecular formula is C29H36N8O6S. The molecule has 44 heavy (non-hydrogen) atoms. The van der Waals surface area contributed by atoms with Crippen molar-refractivity contribution in [3.8, 4) is 0 Å². The fourth-order valence-corrected chi connectivity index (χ4v) is 5.03. The van der Waals surface area contributed by atoms with E-state index in [1.807, 2.05) is 44.2 Å². The van der Waals surface area contributed by atoms with Crippen LogP contribution in [-0.2, 0) is 25.6 Å². The van der Waals surface area contributed by atoms with Gasteiger partial charge in [0.15, 0.2) is 5.69 Å². The molecule has 0 radical (unpaired) electrons. The van der Waals surface area contributed by atoms with Crippen molar-refractivity contribution in [1.29, 1.82) is 0 Å². The second-order valence-electron chi connectivity index (χ2n) is 10.7. The summed E-state index contributed by atoms with van der Waals surface area (Å²) in [5.41, 5.74) is 2.39. The average Bonchev–Trinajstić information content (AvgIpc) is 3.70. The molecule has 4 rings (SSSR count). The standard InChI is InChI=1S/C29H36N8O6S/c1-17(2)24-28-34-21(15-43-28)25(40)30-13-7-6-10-19(32-22(38)11-12-23(39)35-29-37-31-16-44-29)26(41)33-20(27(42)36-24)14-18-8-4-3-5-9-18/h3-5,8-9,15-17,19-20,24H,6-7,10-14H2,1-2H3,(H,30,40)(H,32,38)(H,33,41)(H,36,42)(H,35,37,39)/t19-,20-,24-/m0/s1. The minimum Gasteiger partial charge on any atom is -0.446 e. The van der Waals surface area contributed by atoms with Crippen LogP contribution in [0.5, 0.6) is 0 Å². The second-order valence-corrected chi connectivity index (χ2v) is 11.5. The number of aromatic nitrogens is 3. The summed E-state index contributed by atoms with van der Waals surface area (Å²) in [5.74, 6) is -2.32. The summed E-state index contributed by atoms with van der Waals surface area (Å²) in [6.07, 6.45) is 2.40. The number of rotatable bonds is 8. The smallest absolute Gasteiger partial charge is 0.273 e. The maximum Gasteiger partial charge on any atom is 0.273 e. The molecule has 1 aliphatic rings. The minimum atomic E-state index is -0.992. The summed E-state index contributed by atoms with van der Waals surface area (Å²) in [4.78, 5) is 69.3. The monoisotopic (exact) mass is 624 g/mol. The number of amides is 5. The zero-order valence-electron chi connectivity index (χ0n) is 24.5. The Hall–Kier alpha value is -4.66. The highest BCUT2D eigenvalue weighted by molar-refractivity contribution is 7.13. The quantitative estimate of drug-likeness (QED) is 0.248. The maximum atomic E-state index is 13.7. The van der Waals surface area contributed by atoms with Crippen LogP contribution in [-0.4, -0.2) is 63.3 Å². The number of carbonyl (C=O) groups excluding carboxylic acids is 5. The molecule has 3 atom stereocenters. The summed E-state index contributed by atoms with van der Waals surface area (Å²) in [6, 6.07) is 6.59. The zero-order valence-corrected chi connectivity index (χ0v) is 25.3. The van der Waals surface area contributed by atoms with Crippen LogP contribution in [0.1, 0.15) is 73.9 Å². The van der Waals surface area contributed by atoms with Crippen molar-refractivity contribution in [3.63, 3.8) is 0 Å². The summed E-state index contributed by atoms with van der Waals surface area (Å²) < 4.78 is 5.58. The Morgan fingerprint density at radius 3 is 2.55 bits per heavy atom. The van der Waals surface area contributed by atoms with E-state index in [1.165, 1.54) is 11.8 Å². The van der Waals surface area contributed by atoms with Crippen molar-refractivity contribution < 1.29 is 28.4 Å². The number of nitrogens with one attached hydrogen (secondary N) is 5. The fraction of sp³-hybridized carbons (Fsp3) is 0.448. The van der Waals surface area contributed by atoms with Gasteiger partial charge in [-0.3, -0.25) is 24.0 Å². The van der Waals surface area contributed by atoms with Gasteiger partial charge >= 0.3 is 0 Å². The molecule has 234 valence electrons. The van der Waals surface area contributed by atoms with Crippen molar-refractivity contribution in [2.75, 3.05) is 11.9 Å². The van der Waals surface area contributed by atoms with Gasteiger partial charge in [-0.2, -0.15) is 0 Å². The molecule has 0 aliphatic carbocycles. The van der Waals surface area contributed by atoms with Crippen molar-refractivity contribution >= 4 is 46.0 Å². The Morgan fingerprint density at radius 2 is 1.82 bits per heavy atom. The molecule has 14 nitrogen and oxygen atoms in total. The number of fused-ring (bicyclic) bond motifs is 2. The molecule has 3 heterocycles. The van der Waals surface area contributed by atoms with Gasteiger partial charge in [0.25, 0.3) is 5.91 Å². The van der Waals surface area contributed by atoms with Crippen molar-refractivity contribution in [3.05, 3.63) is 59.3 Å². The summed E-state index contributed by atoms with van der Waals surface area (Å²) in [7, 11) is 0. The number of carbonyl (C=O) groups is 5. The van der Waals surface area contributed by atoms with E-state index >= 15 is 0 Å². The lowest BCUT2D eigenvalue weighted by atomic mass is 10.0. The van der Waals surface area contributed by atoms with Crippen molar-refractivity contribution in [2.24, 2.45) is 5.92 Å². The maximum absolute atomic E-state index is 13.7. The van der Waals surface area contributed by atoms with Gasteiger partial charge in [-0.05, 0) is 30.7 Å². The van der Waals surface area contributed by atoms with Gasteiger partial charge in [-0.15, -0.1) is 10.2 Å². The summed E-state index contributed by atoms with van der Waals surface area (Å²) in [5, 5.41) is 21.5. The van der Waals surface area contributed by atoms with Gasteiger partial charge in [0.05, 0.1) is 0 Å². The van der Waals surface area contributed by atoms with Crippen LogP contribution in [0.4, 0.5) is 5.13 Å². The highest BCUT2D eigenvalue weighted by Crippen LogP contribution is 2.22. The fourth-order valence-electron chi connectivity index (χ4n) is 4.57. The first-order chi connectivity index (χ1) is 21.2. The minimum absolute atomic E-state index is 0.0985. The van der Waals surface area contributed by atoms with E-state index in [-0.39, 0.29) is 43.2 Å². The average molecular weight is 625 g/mol. The lowest BCUT2D eigenvalue weighted by Gasteiger charge is -2.26. The number of hydrogen-bond acceptors (Lipinski definition) is 10. The molecule has 2 aromatic heterocycles. The lowest BCUT2D eigenvalue weighted by molar-refractivity contribution is -0.133. The molecule has 1 aliphatic heterocycles. The molecule has 0 saturated carbocycles. The third-order valence-corrected chi connectivity index (χ3v) is 7.55. The van der Waals surface area contributed by atoms with Crippen LogP contribution in [0, 0.1) is 5.92 Å². The first kappa shape index (κ1) is 32.3. The number of anilines is 1. The summed E-state index contributed by atoms with van der Waals surface area (Å²) >= 11 is 1.15. The highest BCUT2D eigenvalue weighted by Gasteiger charge is 2.31. The van der Waals surface area contributed by atoms with Gasteiger partial charge in [0, 0.05) is 25.8 Å². The van der Waals surface area contributed by atoms with E-state index < -0.39 is 47.7 Å². The van der Waals surface area contributed by atoms with Crippen molar-refractivity contribution in [2.45, 2.75) is 70.5 Å². The molecule has 0 saturated heterocycles. The number of oxazole rings is 1. The molecule has 1 aromatic carbocycles. The van der Waals surface area contributed by atoms with Gasteiger partial charge in [0.2, 0.25) is 34.7 Å². The molecule has 3 aromatic rings. The normalized spacial score (nSPS) is 19.9. The Labute approximate surface area is 258 Å². The SMILES string of the molecule is CC(C)[C@@H]1NC(=O)[C@H](Cc2ccccc2)NC(=O)[C@@H](NC(=O)CCC(=O)Nc2nncs2)CCCCNC(=O)c2coc1n2. The Kier molecular flexibility index (Phi) is 11.5. The van der Waals surface area contributed by atoms with Crippen LogP contribution >= 0.6 is 11.3 Å². The van der Waals surface area contributed by atoms with Gasteiger partial charge in [0.1, 0.15) is 29.9 Å². The highest BCUT2D eigenvalue weighted by atomic mass is 32.1. The van der Waals surface area contributed by atoms with Gasteiger partial charge < -0.3 is 31.0 Å². The van der Waals surface area contributed by atoms with E-state index in [0.29, 0.717) is 24.5 Å². The molecule has 0 unspecified atom stereocenters. The zero-order chi connectivity index (χ0) is 31.5. The molecule has 5 N–H and O–H groups in total. The first-order valence-corrected chi connectivity index (χ1v) is 15.3. The van der Waals surface area contributed by atoms with Gasteiger partial charge in [-0.1, -0.05) is 55.5 Å². The second kappa shape index (κ2) is 15.7. The molecule has 15 heteroatoms. The molecular weight excluding hydrogens is 588 g/mol. The Balaban J connectivity index is 1.51. The topological polar surface area (TPSA) is 197 Å². The Bertz CT molecular complexity index is 1430. The largest absolute Gasteiger partial charge is 0.446 e. The van der Waals surface area contributed by atoms with Crippen molar-refractivity contribution in [1.82, 2.24) is 36.4 Å². The van der Waals surface area contributed by atoms with Crippen LogP contribution in [0.15, 0.2) is 46.5 Å². The predicted molar refractivity (Wildman–Crippen MR) is 160 cm³/mol. The lowest BCUT2D eigenvalue weighted by Crippen LogP contribution is -2.55. The van der Waals surface area contributed by atoms with E-state index in [1.54, 1.807) is 0 Å². The van der Waals surface area contributed by atoms with E-state index in [0.717, 1.165) is 16.9 Å². The molecule has 2 bridgehead atoms. The number of hydrogen-bond donors (Lipinski definition) is 5. The molecule has 0 spiro atoms. The molecule has 5 amide bonds. The Morgan fingerprint density at radius 1 is 1.05 bits per heavy atom. The predicted octanol–water partition coefficient (Wildman–Crippen LogP) is 1.88. The van der Waals surface area contributed by atoms with E-state index in [2.05, 4.69) is 41.8 Å². The van der Waals surface area contributed by atoms with Gasteiger partial charge in [-0.25, -0.2) is 4.98 Å². The van der Waals surface area contributed by atoms with E-state index in [4.69, 9.17) is 4.42 Å². The van der Waals surface area contributed by atoms with Crippen LogP contribution in [0.3, 0.4) is 0 Å². The van der Waals surface area contributed by atoms with Crippen LogP contribution in [0.25, 0.3) is 0 Å². The van der Waals surface area contributed by atoms with Crippen LogP contribution in [0.2, 0.25) is 0 Å². The third-order valence-electron chi connectivity index (χ3n) is 6.94.